The summed E-state index contributed by atoms with van der Waals surface area (Å²) in [5, 5.41) is 0. The number of hydrogen-bond acceptors (Lipinski definition) is 2. The number of hydroxylamine groups is 1. The van der Waals surface area contributed by atoms with E-state index >= 15 is 0 Å². The van der Waals surface area contributed by atoms with Crippen LogP contribution < -0.4 is 5.48 Å². The molecule has 0 atom stereocenters. The monoisotopic (exact) mass is 114 g/mol. The van der Waals surface area contributed by atoms with Gasteiger partial charge in [-0.25, -0.2) is 5.48 Å². The Hall–Kier alpha value is -0.0800. The van der Waals surface area contributed by atoms with E-state index in [9.17, 15) is 0 Å². The maximum absolute atomic E-state index is 4.99. The third-order valence-corrected chi connectivity index (χ3v) is 1.23. The van der Waals surface area contributed by atoms with Crippen molar-refractivity contribution >= 4 is 0 Å². The first-order valence-electron chi connectivity index (χ1n) is 3.16. The predicted molar refractivity (Wildman–Crippen MR) is 32.1 cm³/mol. The molecule has 8 heavy (non-hydrogen) atoms. The molecule has 0 bridgehead atoms. The average molecular weight is 114 g/mol. The van der Waals surface area contributed by atoms with Gasteiger partial charge in [-0.15, -0.1) is 0 Å². The maximum atomic E-state index is 4.99. The lowest BCUT2D eigenvalue weighted by atomic mass is 10.2. The van der Waals surface area contributed by atoms with Gasteiger partial charge in [-0.1, -0.05) is 6.42 Å². The molecular formula is C6H12NO. The first-order valence-corrected chi connectivity index (χ1v) is 3.16. The van der Waals surface area contributed by atoms with Gasteiger partial charge in [0.05, 0.1) is 6.61 Å². The molecule has 1 N–H and O–H groups in total. The van der Waals surface area contributed by atoms with Gasteiger partial charge in [-0.3, -0.25) is 0 Å². The van der Waals surface area contributed by atoms with E-state index in [1.165, 1.54) is 19.3 Å². The van der Waals surface area contributed by atoms with Crippen LogP contribution in [0, 0.1) is 6.42 Å². The van der Waals surface area contributed by atoms with Crippen LogP contribution >= 0.6 is 0 Å². The van der Waals surface area contributed by atoms with Gasteiger partial charge in [0.25, 0.3) is 0 Å². The highest BCUT2D eigenvalue weighted by molar-refractivity contribution is 4.66. The van der Waals surface area contributed by atoms with Crippen molar-refractivity contribution in [3.05, 3.63) is 6.42 Å². The first-order chi connectivity index (χ1) is 4.00. The fourth-order valence-corrected chi connectivity index (χ4v) is 0.755. The van der Waals surface area contributed by atoms with Crippen LogP contribution in [-0.4, -0.2) is 13.2 Å². The fourth-order valence-electron chi connectivity index (χ4n) is 0.755. The number of nitrogens with one attached hydrogen (secondary N) is 1. The summed E-state index contributed by atoms with van der Waals surface area (Å²) < 4.78 is 0. The SMILES string of the molecule is [CH]1CCCCONC1. The van der Waals surface area contributed by atoms with Crippen LogP contribution in [0.4, 0.5) is 0 Å². The molecule has 0 aromatic carbocycles. The second-order valence-electron chi connectivity index (χ2n) is 1.98. The summed E-state index contributed by atoms with van der Waals surface area (Å²) in [5.74, 6) is 0. The molecule has 1 heterocycles. The topological polar surface area (TPSA) is 21.3 Å². The third kappa shape index (κ3) is 2.28. The summed E-state index contributed by atoms with van der Waals surface area (Å²) >= 11 is 0. The van der Waals surface area contributed by atoms with Crippen molar-refractivity contribution in [2.75, 3.05) is 13.2 Å². The third-order valence-electron chi connectivity index (χ3n) is 1.23. The molecule has 1 fully saturated rings. The first kappa shape index (κ1) is 6.05. The molecule has 0 aliphatic carbocycles. The highest BCUT2D eigenvalue weighted by atomic mass is 16.6. The van der Waals surface area contributed by atoms with Crippen LogP contribution in [0.1, 0.15) is 19.3 Å². The zero-order valence-electron chi connectivity index (χ0n) is 5.02. The molecule has 0 amide bonds. The quantitative estimate of drug-likeness (QED) is 0.505. The van der Waals surface area contributed by atoms with Crippen molar-refractivity contribution in [2.24, 2.45) is 0 Å². The molecule has 2 nitrogen and oxygen atoms in total. The lowest BCUT2D eigenvalue weighted by Crippen LogP contribution is -2.19. The summed E-state index contributed by atoms with van der Waals surface area (Å²) in [7, 11) is 0. The van der Waals surface area contributed by atoms with E-state index in [4.69, 9.17) is 4.84 Å². The Labute approximate surface area is 50.2 Å². The Morgan fingerprint density at radius 1 is 1.38 bits per heavy atom. The van der Waals surface area contributed by atoms with Gasteiger partial charge in [-0.05, 0) is 19.3 Å². The summed E-state index contributed by atoms with van der Waals surface area (Å²) in [5.41, 5.74) is 2.83. The zero-order chi connectivity index (χ0) is 5.66. The van der Waals surface area contributed by atoms with Gasteiger partial charge in [0.15, 0.2) is 0 Å². The van der Waals surface area contributed by atoms with Crippen LogP contribution in [-0.2, 0) is 4.84 Å². The Balaban J connectivity index is 2.00. The molecule has 1 rings (SSSR count). The summed E-state index contributed by atoms with van der Waals surface area (Å²) in [6.07, 6.45) is 5.90. The molecule has 0 aromatic rings. The Morgan fingerprint density at radius 3 is 3.38 bits per heavy atom. The fraction of sp³-hybridized carbons (Fsp3) is 0.833. The molecular weight excluding hydrogens is 102 g/mol. The number of hydrogen-bond donors (Lipinski definition) is 1. The highest BCUT2D eigenvalue weighted by Gasteiger charge is 1.94. The molecule has 0 spiro atoms. The van der Waals surface area contributed by atoms with E-state index in [1.54, 1.807) is 0 Å². The molecule has 1 radical (unpaired) electrons. The minimum absolute atomic E-state index is 0.869. The van der Waals surface area contributed by atoms with Gasteiger partial charge in [0.2, 0.25) is 0 Å². The van der Waals surface area contributed by atoms with E-state index in [1.807, 2.05) is 0 Å². The van der Waals surface area contributed by atoms with Crippen molar-refractivity contribution in [1.29, 1.82) is 0 Å². The molecule has 47 valence electrons. The van der Waals surface area contributed by atoms with Crippen LogP contribution in [0.3, 0.4) is 0 Å². The van der Waals surface area contributed by atoms with Gasteiger partial charge in [0, 0.05) is 6.54 Å². The van der Waals surface area contributed by atoms with Crippen molar-refractivity contribution in [2.45, 2.75) is 19.3 Å². The maximum Gasteiger partial charge on any atom is 0.0682 e. The van der Waals surface area contributed by atoms with E-state index in [2.05, 4.69) is 11.9 Å². The molecule has 0 unspecified atom stereocenters. The molecule has 1 aliphatic heterocycles. The lowest BCUT2D eigenvalue weighted by Gasteiger charge is -2.08. The highest BCUT2D eigenvalue weighted by Crippen LogP contribution is 1.99. The zero-order valence-corrected chi connectivity index (χ0v) is 5.02. The van der Waals surface area contributed by atoms with Crippen molar-refractivity contribution in [1.82, 2.24) is 5.48 Å². The van der Waals surface area contributed by atoms with Crippen molar-refractivity contribution < 1.29 is 4.84 Å². The van der Waals surface area contributed by atoms with Crippen molar-refractivity contribution in [3.8, 4) is 0 Å². The second-order valence-corrected chi connectivity index (χ2v) is 1.98. The van der Waals surface area contributed by atoms with Crippen LogP contribution in [0.15, 0.2) is 0 Å². The van der Waals surface area contributed by atoms with Crippen LogP contribution in [0.25, 0.3) is 0 Å². The van der Waals surface area contributed by atoms with E-state index in [0.29, 0.717) is 0 Å². The molecule has 0 saturated carbocycles. The van der Waals surface area contributed by atoms with Gasteiger partial charge < -0.3 is 4.84 Å². The van der Waals surface area contributed by atoms with Crippen LogP contribution in [0.5, 0.6) is 0 Å². The van der Waals surface area contributed by atoms with Gasteiger partial charge in [-0.2, -0.15) is 0 Å². The molecule has 1 saturated heterocycles. The second kappa shape index (κ2) is 3.87. The summed E-state index contributed by atoms with van der Waals surface area (Å²) in [6.45, 7) is 1.77. The Morgan fingerprint density at radius 2 is 2.38 bits per heavy atom. The predicted octanol–water partition coefficient (Wildman–Crippen LogP) is 0.896. The minimum Gasteiger partial charge on any atom is -0.302 e. The largest absolute Gasteiger partial charge is 0.302 e. The molecule has 0 aromatic heterocycles. The Kier molecular flexibility index (Phi) is 2.92. The van der Waals surface area contributed by atoms with Crippen LogP contribution in [0.2, 0.25) is 0 Å². The van der Waals surface area contributed by atoms with Crippen molar-refractivity contribution in [3.63, 3.8) is 0 Å². The molecule has 1 aliphatic rings. The average Bonchev–Trinajstić information content (AvgIpc) is 1.62. The van der Waals surface area contributed by atoms with E-state index in [-0.39, 0.29) is 0 Å². The number of rotatable bonds is 0. The minimum atomic E-state index is 0.869. The summed E-state index contributed by atoms with van der Waals surface area (Å²) in [4.78, 5) is 4.99. The normalized spacial score (nSPS) is 24.0. The van der Waals surface area contributed by atoms with E-state index < -0.39 is 0 Å². The lowest BCUT2D eigenvalue weighted by molar-refractivity contribution is 0.0386. The molecule has 2 heteroatoms. The van der Waals surface area contributed by atoms with E-state index in [0.717, 1.165) is 13.2 Å². The van der Waals surface area contributed by atoms with Gasteiger partial charge in [0.1, 0.15) is 0 Å². The Bertz CT molecular complexity index is 32.5. The summed E-state index contributed by atoms with van der Waals surface area (Å²) in [6, 6.07) is 0. The van der Waals surface area contributed by atoms with Gasteiger partial charge >= 0.3 is 0 Å². The smallest absolute Gasteiger partial charge is 0.0682 e. The standard InChI is InChI=1S/C6H12NO/c1-2-4-6-8-7-5-3-1/h3,7H,1-2,4-6H2.